The molecular weight excluding hydrogens is 472 g/mol. The largest absolute Gasteiger partial charge is 0.465 e. The second-order valence-electron chi connectivity index (χ2n) is 9.94. The highest BCUT2D eigenvalue weighted by Crippen LogP contribution is 2.53. The molecule has 1 atom stereocenters. The van der Waals surface area contributed by atoms with E-state index in [9.17, 15) is 18.3 Å². The van der Waals surface area contributed by atoms with E-state index in [0.717, 1.165) is 0 Å². The van der Waals surface area contributed by atoms with Crippen molar-refractivity contribution in [2.45, 2.75) is 56.4 Å². The van der Waals surface area contributed by atoms with Crippen LogP contribution in [-0.2, 0) is 19.3 Å². The number of anilines is 2. The number of sulfone groups is 1. The molecule has 1 aliphatic carbocycles. The van der Waals surface area contributed by atoms with Crippen molar-refractivity contribution in [3.8, 4) is 11.4 Å². The van der Waals surface area contributed by atoms with Crippen molar-refractivity contribution in [2.24, 2.45) is 0 Å². The molecule has 1 saturated carbocycles. The van der Waals surface area contributed by atoms with E-state index >= 15 is 0 Å². The predicted molar refractivity (Wildman–Crippen MR) is 132 cm³/mol. The highest BCUT2D eigenvalue weighted by atomic mass is 32.2. The van der Waals surface area contributed by atoms with Crippen LogP contribution in [0.15, 0.2) is 30.3 Å². The third kappa shape index (κ3) is 5.57. The van der Waals surface area contributed by atoms with E-state index in [-0.39, 0.29) is 18.2 Å². The summed E-state index contributed by atoms with van der Waals surface area (Å²) in [6.45, 7) is 6.94. The van der Waals surface area contributed by atoms with Gasteiger partial charge in [0.2, 0.25) is 0 Å². The van der Waals surface area contributed by atoms with Crippen LogP contribution in [0.4, 0.5) is 16.3 Å². The third-order valence-corrected chi connectivity index (χ3v) is 9.07. The van der Waals surface area contributed by atoms with E-state index in [2.05, 4.69) is 10.2 Å². The van der Waals surface area contributed by atoms with Gasteiger partial charge in [0.05, 0.1) is 36.3 Å². The molecular formula is C24H32N4O6S. The molecule has 35 heavy (non-hydrogen) atoms. The monoisotopic (exact) mass is 504 g/mol. The first-order chi connectivity index (χ1) is 16.4. The topological polar surface area (TPSA) is 142 Å². The molecule has 0 spiro atoms. The Morgan fingerprint density at radius 1 is 1.26 bits per heavy atom. The molecule has 2 heterocycles. The van der Waals surface area contributed by atoms with E-state index in [1.54, 1.807) is 44.2 Å². The summed E-state index contributed by atoms with van der Waals surface area (Å²) in [7, 11) is -3.58. The Morgan fingerprint density at radius 3 is 2.51 bits per heavy atom. The van der Waals surface area contributed by atoms with Crippen molar-refractivity contribution < 1.29 is 28.2 Å². The fourth-order valence-corrected chi connectivity index (χ4v) is 6.56. The summed E-state index contributed by atoms with van der Waals surface area (Å²) < 4.78 is 31.3. The van der Waals surface area contributed by atoms with Gasteiger partial charge in [0.15, 0.2) is 15.7 Å². The van der Waals surface area contributed by atoms with E-state index in [0.29, 0.717) is 61.2 Å². The summed E-state index contributed by atoms with van der Waals surface area (Å²) in [5.74, 6) is 0.883. The number of nitrogens with one attached hydrogen (secondary N) is 1. The van der Waals surface area contributed by atoms with E-state index in [1.165, 1.54) is 0 Å². The van der Waals surface area contributed by atoms with Crippen LogP contribution in [-0.4, -0.2) is 71.8 Å². The smallest absolute Gasteiger partial charge is 0.409 e. The Labute approximate surface area is 205 Å². The van der Waals surface area contributed by atoms with Crippen molar-refractivity contribution in [1.82, 2.24) is 9.97 Å². The van der Waals surface area contributed by atoms with Gasteiger partial charge in [0.1, 0.15) is 10.6 Å². The molecule has 11 heteroatoms. The molecule has 1 aromatic heterocycles. The van der Waals surface area contributed by atoms with Crippen LogP contribution in [0.1, 0.15) is 45.7 Å². The number of aromatic nitrogens is 2. The summed E-state index contributed by atoms with van der Waals surface area (Å²) in [6.07, 6.45) is -0.0824. The summed E-state index contributed by atoms with van der Waals surface area (Å²) >= 11 is 0. The fourth-order valence-electron chi connectivity index (χ4n) is 4.26. The maximum atomic E-state index is 13.4. The lowest BCUT2D eigenvalue weighted by Gasteiger charge is -2.35. The number of morpholine rings is 1. The molecule has 1 amide bonds. The minimum absolute atomic E-state index is 0.0587. The van der Waals surface area contributed by atoms with Crippen LogP contribution in [0.2, 0.25) is 0 Å². The third-order valence-electron chi connectivity index (χ3n) is 6.52. The maximum Gasteiger partial charge on any atom is 0.409 e. The molecule has 0 unspecified atom stereocenters. The van der Waals surface area contributed by atoms with Gasteiger partial charge in [0.25, 0.3) is 0 Å². The van der Waals surface area contributed by atoms with Gasteiger partial charge >= 0.3 is 6.09 Å². The molecule has 1 aromatic carbocycles. The Kier molecular flexibility index (Phi) is 6.78. The summed E-state index contributed by atoms with van der Waals surface area (Å²) in [6, 6.07) is 8.48. The number of rotatable bonds is 8. The SMILES string of the molecule is C[C@H]1COCCN1c1cc(C2(S(=O)(=O)CCC(C)(C)O)CC2)nc(-c2ccc(NC(=O)O)cc2)n1. The zero-order valence-electron chi connectivity index (χ0n) is 20.2. The van der Waals surface area contributed by atoms with Crippen LogP contribution < -0.4 is 10.2 Å². The van der Waals surface area contributed by atoms with Crippen molar-refractivity contribution in [3.63, 3.8) is 0 Å². The Hall–Kier alpha value is -2.76. The molecule has 1 saturated heterocycles. The molecule has 0 radical (unpaired) electrons. The Morgan fingerprint density at radius 2 is 1.94 bits per heavy atom. The van der Waals surface area contributed by atoms with Crippen molar-refractivity contribution >= 4 is 27.4 Å². The van der Waals surface area contributed by atoms with Gasteiger partial charge in [-0.25, -0.2) is 23.2 Å². The van der Waals surface area contributed by atoms with Crippen LogP contribution >= 0.6 is 0 Å². The summed E-state index contributed by atoms with van der Waals surface area (Å²) in [5.41, 5.74) is 0.432. The number of carbonyl (C=O) groups is 1. The molecule has 2 aliphatic rings. The number of ether oxygens (including phenoxy) is 1. The second-order valence-corrected chi connectivity index (χ2v) is 12.4. The number of hydrogen-bond acceptors (Lipinski definition) is 8. The predicted octanol–water partition coefficient (Wildman–Crippen LogP) is 3.02. The van der Waals surface area contributed by atoms with Gasteiger partial charge in [-0.1, -0.05) is 0 Å². The number of amides is 1. The lowest BCUT2D eigenvalue weighted by atomic mass is 10.1. The van der Waals surface area contributed by atoms with Gasteiger partial charge in [-0.3, -0.25) is 5.32 Å². The van der Waals surface area contributed by atoms with E-state index in [1.807, 2.05) is 6.92 Å². The van der Waals surface area contributed by atoms with Crippen LogP contribution in [0.3, 0.4) is 0 Å². The lowest BCUT2D eigenvalue weighted by molar-refractivity contribution is 0.0771. The first-order valence-electron chi connectivity index (χ1n) is 11.7. The van der Waals surface area contributed by atoms with Gasteiger partial charge in [-0.15, -0.1) is 0 Å². The number of benzene rings is 1. The van der Waals surface area contributed by atoms with Gasteiger partial charge < -0.3 is 19.8 Å². The summed E-state index contributed by atoms with van der Waals surface area (Å²) in [5, 5.41) is 21.3. The number of hydrogen-bond donors (Lipinski definition) is 3. The Bertz CT molecular complexity index is 1190. The van der Waals surface area contributed by atoms with Gasteiger partial charge in [-0.05, 0) is 64.3 Å². The standard InChI is InChI=1S/C24H32N4O6S/c1-16-15-34-12-11-28(16)20-14-19(24(8-9-24)35(32,33)13-10-23(2,3)31)26-21(27-20)17-4-6-18(7-5-17)25-22(29)30/h4-7,14,16,25,31H,8-13,15H2,1-3H3,(H,29,30)/t16-/m0/s1. The molecule has 0 bridgehead atoms. The highest BCUT2D eigenvalue weighted by molar-refractivity contribution is 7.92. The zero-order valence-corrected chi connectivity index (χ0v) is 21.0. The van der Waals surface area contributed by atoms with Crippen LogP contribution in [0.25, 0.3) is 11.4 Å². The highest BCUT2D eigenvalue weighted by Gasteiger charge is 2.57. The second kappa shape index (κ2) is 9.36. The number of nitrogens with zero attached hydrogens (tertiary/aromatic N) is 3. The molecule has 4 rings (SSSR count). The molecule has 190 valence electrons. The minimum Gasteiger partial charge on any atom is -0.465 e. The molecule has 1 aliphatic heterocycles. The van der Waals surface area contributed by atoms with E-state index in [4.69, 9.17) is 19.8 Å². The number of carboxylic acid groups (broad SMARTS) is 1. The molecule has 2 fully saturated rings. The fraction of sp³-hybridized carbons (Fsp3) is 0.542. The number of aliphatic hydroxyl groups is 1. The molecule has 2 aromatic rings. The van der Waals surface area contributed by atoms with Crippen molar-refractivity contribution in [1.29, 1.82) is 0 Å². The van der Waals surface area contributed by atoms with Gasteiger partial charge in [0, 0.05) is 23.9 Å². The first-order valence-corrected chi connectivity index (χ1v) is 13.3. The molecule has 10 nitrogen and oxygen atoms in total. The van der Waals surface area contributed by atoms with E-state index < -0.39 is 26.3 Å². The molecule has 3 N–H and O–H groups in total. The quantitative estimate of drug-likeness (QED) is 0.494. The van der Waals surface area contributed by atoms with Crippen LogP contribution in [0, 0.1) is 0 Å². The van der Waals surface area contributed by atoms with Crippen molar-refractivity contribution in [2.75, 3.05) is 35.7 Å². The van der Waals surface area contributed by atoms with Crippen molar-refractivity contribution in [3.05, 3.63) is 36.0 Å². The minimum atomic E-state index is -3.58. The summed E-state index contributed by atoms with van der Waals surface area (Å²) in [4.78, 5) is 22.5. The average Bonchev–Trinajstić information content (AvgIpc) is 3.60. The van der Waals surface area contributed by atoms with Crippen LogP contribution in [0.5, 0.6) is 0 Å². The normalized spacial score (nSPS) is 19.9. The Balaban J connectivity index is 1.76. The van der Waals surface area contributed by atoms with Gasteiger partial charge in [-0.2, -0.15) is 0 Å². The lowest BCUT2D eigenvalue weighted by Crippen LogP contribution is -2.44. The first kappa shape index (κ1) is 25.3. The zero-order chi connectivity index (χ0) is 25.4. The average molecular weight is 505 g/mol. The maximum absolute atomic E-state index is 13.4.